The Morgan fingerprint density at radius 3 is 2.29 bits per heavy atom. The molecule has 1 saturated heterocycles. The van der Waals surface area contributed by atoms with Crippen LogP contribution in [0.3, 0.4) is 0 Å². The Morgan fingerprint density at radius 1 is 1.10 bits per heavy atom. The van der Waals surface area contributed by atoms with Crippen LogP contribution in [-0.2, 0) is 16.6 Å². The van der Waals surface area contributed by atoms with Crippen molar-refractivity contribution in [2.75, 3.05) is 0 Å². The van der Waals surface area contributed by atoms with Crippen LogP contribution in [0.2, 0.25) is 0 Å². The third-order valence-corrected chi connectivity index (χ3v) is 3.55. The Balaban J connectivity index is 2.63. The van der Waals surface area contributed by atoms with Crippen LogP contribution >= 0.6 is 0 Å². The van der Waals surface area contributed by atoms with Gasteiger partial charge < -0.3 is 0 Å². The number of carbonyl (C=O) groups is 2. The first-order valence-electron chi connectivity index (χ1n) is 6.91. The number of nitrogens with one attached hydrogen (secondary N) is 1. The Morgan fingerprint density at radius 2 is 1.71 bits per heavy atom. The molecule has 1 aliphatic rings. The largest absolute Gasteiger partial charge is 0.329 e. The van der Waals surface area contributed by atoms with Crippen molar-refractivity contribution in [2.24, 2.45) is 7.05 Å². The summed E-state index contributed by atoms with van der Waals surface area (Å²) < 4.78 is 2.98. The van der Waals surface area contributed by atoms with E-state index in [2.05, 4.69) is 5.32 Å². The Hall–Kier alpha value is -2.37. The molecule has 0 saturated carbocycles. The molecule has 112 valence electrons. The molecule has 1 N–H and O–H groups in total. The molecule has 1 aromatic heterocycles. The highest BCUT2D eigenvalue weighted by Crippen LogP contribution is 2.22. The van der Waals surface area contributed by atoms with Crippen LogP contribution in [0.1, 0.15) is 44.1 Å². The molecule has 1 atom stereocenters. The van der Waals surface area contributed by atoms with Crippen molar-refractivity contribution in [3.63, 3.8) is 0 Å². The minimum absolute atomic E-state index is 0.242. The molecule has 1 aliphatic heterocycles. The average Bonchev–Trinajstić information content (AvgIpc) is 2.66. The van der Waals surface area contributed by atoms with Crippen LogP contribution in [0.5, 0.6) is 0 Å². The van der Waals surface area contributed by atoms with Gasteiger partial charge >= 0.3 is 5.69 Å². The van der Waals surface area contributed by atoms with Crippen molar-refractivity contribution >= 4 is 24.0 Å². The summed E-state index contributed by atoms with van der Waals surface area (Å²) in [6.45, 7) is 3.72. The van der Waals surface area contributed by atoms with Crippen LogP contribution < -0.4 is 11.0 Å². The number of imide groups is 1. The topological polar surface area (TPSA) is 73.1 Å². The van der Waals surface area contributed by atoms with Gasteiger partial charge in [-0.1, -0.05) is 12.2 Å². The number of imidazole rings is 1. The lowest BCUT2D eigenvalue weighted by Crippen LogP contribution is -2.44. The average molecular weight is 289 g/mol. The van der Waals surface area contributed by atoms with E-state index in [4.69, 9.17) is 0 Å². The molecule has 6 nitrogen and oxygen atoms in total. The van der Waals surface area contributed by atoms with Crippen LogP contribution in [0.15, 0.2) is 16.9 Å². The molecular weight excluding hydrogens is 270 g/mol. The van der Waals surface area contributed by atoms with E-state index in [1.165, 1.54) is 9.13 Å². The summed E-state index contributed by atoms with van der Waals surface area (Å²) in [4.78, 5) is 35.8. The normalized spacial score (nSPS) is 19.7. The summed E-state index contributed by atoms with van der Waals surface area (Å²) in [6, 6.07) is -0.647. The summed E-state index contributed by atoms with van der Waals surface area (Å²) in [5.74, 6) is -0.710. The third kappa shape index (κ3) is 2.61. The Bertz CT molecular complexity index is 692. The van der Waals surface area contributed by atoms with Gasteiger partial charge in [0.2, 0.25) is 11.8 Å². The fraction of sp³-hybridized carbons (Fsp3) is 0.400. The first-order valence-corrected chi connectivity index (χ1v) is 6.91. The fourth-order valence-electron chi connectivity index (χ4n) is 2.57. The molecule has 0 aromatic carbocycles. The van der Waals surface area contributed by atoms with Gasteiger partial charge in [0.1, 0.15) is 6.04 Å². The van der Waals surface area contributed by atoms with E-state index in [0.29, 0.717) is 12.1 Å². The minimum Gasteiger partial charge on any atom is -0.295 e. The quantitative estimate of drug-likeness (QED) is 0.851. The monoisotopic (exact) mass is 289 g/mol. The van der Waals surface area contributed by atoms with E-state index in [9.17, 15) is 14.4 Å². The van der Waals surface area contributed by atoms with Crippen molar-refractivity contribution in [1.82, 2.24) is 14.5 Å². The lowest BCUT2D eigenvalue weighted by atomic mass is 10.1. The smallest absolute Gasteiger partial charge is 0.295 e. The van der Waals surface area contributed by atoms with Crippen LogP contribution in [0.4, 0.5) is 0 Å². The molecule has 1 fully saturated rings. The number of hydrogen-bond donors (Lipinski definition) is 1. The van der Waals surface area contributed by atoms with Gasteiger partial charge in [0, 0.05) is 13.5 Å². The van der Waals surface area contributed by atoms with E-state index in [1.807, 2.05) is 32.1 Å². The molecular formula is C15H19N3O3. The zero-order valence-corrected chi connectivity index (χ0v) is 12.4. The number of carbonyl (C=O) groups excluding carboxylic acids is 2. The second-order valence-corrected chi connectivity index (χ2v) is 4.95. The Labute approximate surface area is 122 Å². The highest BCUT2D eigenvalue weighted by molar-refractivity contribution is 5.99. The van der Waals surface area contributed by atoms with Crippen molar-refractivity contribution < 1.29 is 9.59 Å². The first kappa shape index (κ1) is 15.0. The predicted octanol–water partition coefficient (Wildman–Crippen LogP) is 1.23. The summed E-state index contributed by atoms with van der Waals surface area (Å²) >= 11 is 0. The SMILES string of the molecule is C/C=C\c1c(/C=C\C)n(C2CCC(=O)NC2=O)c(=O)n1C. The molecule has 2 rings (SSSR count). The summed E-state index contributed by atoms with van der Waals surface area (Å²) in [5.41, 5.74) is 1.16. The molecule has 0 radical (unpaired) electrons. The second-order valence-electron chi connectivity index (χ2n) is 4.95. The van der Waals surface area contributed by atoms with Crippen LogP contribution in [0, 0.1) is 0 Å². The van der Waals surface area contributed by atoms with Gasteiger partial charge in [-0.05, 0) is 32.4 Å². The van der Waals surface area contributed by atoms with Crippen molar-refractivity contribution in [2.45, 2.75) is 32.7 Å². The maximum atomic E-state index is 12.5. The third-order valence-electron chi connectivity index (χ3n) is 3.55. The molecule has 6 heteroatoms. The second kappa shape index (κ2) is 5.95. The van der Waals surface area contributed by atoms with E-state index < -0.39 is 11.9 Å². The van der Waals surface area contributed by atoms with Crippen molar-refractivity contribution in [3.05, 3.63) is 34.0 Å². The highest BCUT2D eigenvalue weighted by Gasteiger charge is 2.31. The highest BCUT2D eigenvalue weighted by atomic mass is 16.2. The van der Waals surface area contributed by atoms with Crippen LogP contribution in [-0.4, -0.2) is 20.9 Å². The molecule has 21 heavy (non-hydrogen) atoms. The predicted molar refractivity (Wildman–Crippen MR) is 80.5 cm³/mol. The summed E-state index contributed by atoms with van der Waals surface area (Å²) in [6.07, 6.45) is 7.89. The molecule has 0 bridgehead atoms. The van der Waals surface area contributed by atoms with Gasteiger partial charge in [-0.15, -0.1) is 0 Å². The summed E-state index contributed by atoms with van der Waals surface area (Å²) in [5, 5.41) is 2.30. The maximum Gasteiger partial charge on any atom is 0.329 e. The number of allylic oxidation sites excluding steroid dienone is 2. The number of aromatic nitrogens is 2. The molecule has 1 aromatic rings. The number of piperidine rings is 1. The van der Waals surface area contributed by atoms with Gasteiger partial charge in [-0.2, -0.15) is 0 Å². The van der Waals surface area contributed by atoms with E-state index >= 15 is 0 Å². The van der Waals surface area contributed by atoms with Crippen molar-refractivity contribution in [1.29, 1.82) is 0 Å². The lowest BCUT2D eigenvalue weighted by molar-refractivity contribution is -0.135. The van der Waals surface area contributed by atoms with E-state index in [1.54, 1.807) is 13.1 Å². The molecule has 0 spiro atoms. The summed E-state index contributed by atoms with van der Waals surface area (Å²) in [7, 11) is 1.67. The molecule has 1 unspecified atom stereocenters. The zero-order chi connectivity index (χ0) is 15.6. The van der Waals surface area contributed by atoms with Gasteiger partial charge in [0.15, 0.2) is 0 Å². The standard InChI is InChI=1S/C15H19N3O3/c1-4-6-10-11(7-5-2)18(15(21)17(10)3)12-8-9-13(19)16-14(12)20/h4-7,12H,8-9H2,1-3H3,(H,16,19,20)/b6-4-,7-5-. The fourth-order valence-corrected chi connectivity index (χ4v) is 2.57. The number of hydrogen-bond acceptors (Lipinski definition) is 3. The number of rotatable bonds is 3. The maximum absolute atomic E-state index is 12.5. The Kier molecular flexibility index (Phi) is 4.26. The van der Waals surface area contributed by atoms with E-state index in [-0.39, 0.29) is 18.0 Å². The van der Waals surface area contributed by atoms with Crippen molar-refractivity contribution in [3.8, 4) is 0 Å². The van der Waals surface area contributed by atoms with Crippen LogP contribution in [0.25, 0.3) is 12.2 Å². The molecule has 2 amide bonds. The van der Waals surface area contributed by atoms with Gasteiger partial charge in [-0.3, -0.25) is 24.0 Å². The minimum atomic E-state index is -0.647. The lowest BCUT2D eigenvalue weighted by Gasteiger charge is -2.22. The number of amides is 2. The van der Waals surface area contributed by atoms with Gasteiger partial charge in [0.25, 0.3) is 0 Å². The molecule has 2 heterocycles. The van der Waals surface area contributed by atoms with E-state index in [0.717, 1.165) is 5.69 Å². The number of nitrogens with zero attached hydrogens (tertiary/aromatic N) is 2. The zero-order valence-electron chi connectivity index (χ0n) is 12.4. The molecule has 0 aliphatic carbocycles. The van der Waals surface area contributed by atoms with Gasteiger partial charge in [0.05, 0.1) is 11.4 Å². The van der Waals surface area contributed by atoms with Gasteiger partial charge in [-0.25, -0.2) is 4.79 Å². The first-order chi connectivity index (χ1) is 10.0.